The van der Waals surface area contributed by atoms with E-state index in [-0.39, 0.29) is 22.5 Å². The Morgan fingerprint density at radius 1 is 0.839 bits per heavy atom. The summed E-state index contributed by atoms with van der Waals surface area (Å²) in [6.07, 6.45) is -1.16. The number of aliphatic hydroxyl groups excluding tert-OH is 2. The number of aliphatic hydroxyl groups is 2. The van der Waals surface area contributed by atoms with Crippen molar-refractivity contribution in [2.45, 2.75) is 6.10 Å². The molecule has 0 radical (unpaired) electrons. The minimum absolute atomic E-state index is 0.0296. The second-order valence-corrected chi connectivity index (χ2v) is 7.04. The molecule has 156 valence electrons. The second-order valence-electron chi connectivity index (χ2n) is 7.04. The van der Waals surface area contributed by atoms with Crippen LogP contribution < -0.4 is 10.6 Å². The van der Waals surface area contributed by atoms with E-state index in [9.17, 15) is 24.2 Å². The number of allylic oxidation sites excluding steroid dienone is 1. The first-order valence-corrected chi connectivity index (χ1v) is 9.59. The normalized spacial score (nSPS) is 13.1. The Balaban J connectivity index is 1.81. The summed E-state index contributed by atoms with van der Waals surface area (Å²) in [6.45, 7) is -0.508. The van der Waals surface area contributed by atoms with Crippen LogP contribution in [0.3, 0.4) is 0 Å². The number of halogens is 1. The van der Waals surface area contributed by atoms with Crippen LogP contribution in [0.4, 0.5) is 15.8 Å². The number of hydrogen-bond acceptors (Lipinski definition) is 6. The number of rotatable bonds is 6. The molecule has 0 spiro atoms. The van der Waals surface area contributed by atoms with Crippen LogP contribution in [-0.4, -0.2) is 28.4 Å². The predicted molar refractivity (Wildman–Crippen MR) is 114 cm³/mol. The van der Waals surface area contributed by atoms with Gasteiger partial charge >= 0.3 is 0 Å². The van der Waals surface area contributed by atoms with Gasteiger partial charge in [0.1, 0.15) is 23.3 Å². The maximum atomic E-state index is 13.8. The first-order chi connectivity index (χ1) is 15.0. The number of anilines is 2. The molecule has 0 aromatic heterocycles. The smallest absolute Gasteiger partial charge is 0.200 e. The molecular weight excluding hydrogens is 399 g/mol. The Morgan fingerprint density at radius 2 is 1.42 bits per heavy atom. The van der Waals surface area contributed by atoms with Crippen molar-refractivity contribution in [3.05, 3.63) is 107 Å². The van der Waals surface area contributed by atoms with E-state index in [4.69, 9.17) is 0 Å². The van der Waals surface area contributed by atoms with Crippen molar-refractivity contribution < 1.29 is 24.2 Å². The van der Waals surface area contributed by atoms with Crippen LogP contribution in [0.5, 0.6) is 0 Å². The van der Waals surface area contributed by atoms with Crippen molar-refractivity contribution in [3.63, 3.8) is 0 Å². The van der Waals surface area contributed by atoms with E-state index in [2.05, 4.69) is 10.6 Å². The molecular formula is C24H19FN2O4. The maximum Gasteiger partial charge on any atom is 0.200 e. The molecule has 1 aliphatic rings. The van der Waals surface area contributed by atoms with Crippen LogP contribution in [0, 0.1) is 5.82 Å². The van der Waals surface area contributed by atoms with Gasteiger partial charge in [-0.2, -0.15) is 0 Å². The van der Waals surface area contributed by atoms with E-state index < -0.39 is 30.1 Å². The van der Waals surface area contributed by atoms with Crippen molar-refractivity contribution in [2.75, 3.05) is 17.2 Å². The van der Waals surface area contributed by atoms with E-state index in [1.165, 1.54) is 30.3 Å². The Morgan fingerprint density at radius 3 is 2.00 bits per heavy atom. The van der Waals surface area contributed by atoms with E-state index >= 15 is 0 Å². The molecule has 0 saturated carbocycles. The van der Waals surface area contributed by atoms with E-state index in [0.717, 1.165) is 6.07 Å². The zero-order valence-corrected chi connectivity index (χ0v) is 16.3. The zero-order valence-electron chi connectivity index (χ0n) is 16.3. The summed E-state index contributed by atoms with van der Waals surface area (Å²) >= 11 is 0. The fraction of sp³-hybridized carbons (Fsp3) is 0.0833. The number of para-hydroxylation sites is 2. The molecule has 0 saturated heterocycles. The second kappa shape index (κ2) is 8.51. The van der Waals surface area contributed by atoms with Crippen LogP contribution in [0.15, 0.2) is 84.2 Å². The summed E-state index contributed by atoms with van der Waals surface area (Å²) in [7, 11) is 0. The van der Waals surface area contributed by atoms with Gasteiger partial charge in [-0.05, 0) is 35.9 Å². The van der Waals surface area contributed by atoms with Crippen LogP contribution >= 0.6 is 0 Å². The number of ketones is 2. The Bertz CT molecular complexity index is 1180. The minimum Gasteiger partial charge on any atom is -0.393 e. The molecule has 31 heavy (non-hydrogen) atoms. The Kier molecular flexibility index (Phi) is 5.62. The van der Waals surface area contributed by atoms with Crippen LogP contribution in [0.25, 0.3) is 0 Å². The van der Waals surface area contributed by atoms with E-state index in [1.54, 1.807) is 24.3 Å². The number of hydrogen-bond donors (Lipinski definition) is 4. The predicted octanol–water partition coefficient (Wildman–Crippen LogP) is 3.67. The first-order valence-electron chi connectivity index (χ1n) is 9.59. The number of fused-ring (bicyclic) bond motifs is 1. The molecule has 1 atom stereocenters. The third-order valence-corrected chi connectivity index (χ3v) is 4.94. The number of nitrogens with one attached hydrogen (secondary N) is 2. The lowest BCUT2D eigenvalue weighted by Crippen LogP contribution is -2.21. The van der Waals surface area contributed by atoms with Gasteiger partial charge in [-0.25, -0.2) is 4.39 Å². The molecule has 6 nitrogen and oxygen atoms in total. The molecule has 1 aliphatic heterocycles. The monoisotopic (exact) mass is 418 g/mol. The zero-order chi connectivity index (χ0) is 22.0. The lowest BCUT2D eigenvalue weighted by Gasteiger charge is -2.13. The quantitative estimate of drug-likeness (QED) is 0.211. The van der Waals surface area contributed by atoms with Crippen LogP contribution in [0.2, 0.25) is 0 Å². The topological polar surface area (TPSA) is 98.7 Å². The average Bonchev–Trinajstić information content (AvgIpc) is 3.22. The Labute approximate surface area is 177 Å². The summed E-state index contributed by atoms with van der Waals surface area (Å²) < 4.78 is 13.8. The number of carbonyl (C=O) groups excluding carboxylic acids is 2. The Hall–Kier alpha value is -3.81. The summed E-state index contributed by atoms with van der Waals surface area (Å²) in [4.78, 5) is 26.8. The standard InChI is InChI=1S/C24H19FN2O4/c25-17-8-4-7-16(12-17)23(31)21(24-26-18-9-1-2-10-19(18)27-24)22(30)15-6-3-5-14(11-15)20(29)13-28/h1-12,20,26-29H,13H2/t20-/m0/s1. The molecule has 3 aromatic rings. The third kappa shape index (κ3) is 4.09. The molecule has 1 heterocycles. The van der Waals surface area contributed by atoms with Gasteiger partial charge in [0.05, 0.1) is 18.0 Å². The van der Waals surface area contributed by atoms with Crippen molar-refractivity contribution in [1.29, 1.82) is 0 Å². The summed E-state index contributed by atoms with van der Waals surface area (Å²) in [5.74, 6) is -1.66. The molecule has 7 heteroatoms. The van der Waals surface area contributed by atoms with Gasteiger partial charge in [0.2, 0.25) is 11.6 Å². The number of benzene rings is 3. The molecule has 3 aromatic carbocycles. The minimum atomic E-state index is -1.16. The highest BCUT2D eigenvalue weighted by Gasteiger charge is 2.29. The van der Waals surface area contributed by atoms with Gasteiger partial charge in [0.25, 0.3) is 0 Å². The highest BCUT2D eigenvalue weighted by molar-refractivity contribution is 6.32. The van der Waals surface area contributed by atoms with Crippen molar-refractivity contribution in [1.82, 2.24) is 0 Å². The lowest BCUT2D eigenvalue weighted by molar-refractivity contribution is 0.0945. The molecule has 0 unspecified atom stereocenters. The first kappa shape index (κ1) is 20.5. The summed E-state index contributed by atoms with van der Waals surface area (Å²) in [6, 6.07) is 18.4. The summed E-state index contributed by atoms with van der Waals surface area (Å²) in [5.41, 5.74) is 1.71. The maximum absolute atomic E-state index is 13.8. The number of carbonyl (C=O) groups is 2. The fourth-order valence-electron chi connectivity index (χ4n) is 3.37. The fourth-order valence-corrected chi connectivity index (χ4v) is 3.37. The van der Waals surface area contributed by atoms with Crippen molar-refractivity contribution >= 4 is 22.9 Å². The van der Waals surface area contributed by atoms with E-state index in [0.29, 0.717) is 16.9 Å². The van der Waals surface area contributed by atoms with Gasteiger partial charge in [-0.15, -0.1) is 0 Å². The van der Waals surface area contributed by atoms with Gasteiger partial charge < -0.3 is 20.8 Å². The molecule has 0 aliphatic carbocycles. The largest absolute Gasteiger partial charge is 0.393 e. The molecule has 4 rings (SSSR count). The molecule has 0 fully saturated rings. The molecule has 0 amide bonds. The average molecular weight is 418 g/mol. The highest BCUT2D eigenvalue weighted by Crippen LogP contribution is 2.33. The van der Waals surface area contributed by atoms with Gasteiger partial charge in [0, 0.05) is 11.1 Å². The van der Waals surface area contributed by atoms with Crippen molar-refractivity contribution in [3.8, 4) is 0 Å². The summed E-state index contributed by atoms with van der Waals surface area (Å²) in [5, 5.41) is 25.2. The van der Waals surface area contributed by atoms with Gasteiger partial charge in [-0.3, -0.25) is 9.59 Å². The van der Waals surface area contributed by atoms with Crippen LogP contribution in [-0.2, 0) is 0 Å². The SMILES string of the molecule is O=C(C(C(=O)c1cccc([C@@H](O)CO)c1)=C1Nc2ccccc2N1)c1cccc(F)c1. The third-order valence-electron chi connectivity index (χ3n) is 4.94. The highest BCUT2D eigenvalue weighted by atomic mass is 19.1. The van der Waals surface area contributed by atoms with Crippen LogP contribution in [0.1, 0.15) is 32.4 Å². The van der Waals surface area contributed by atoms with E-state index in [1.807, 2.05) is 12.1 Å². The number of Topliss-reactive ketones (excluding diaryl/α,β-unsaturated/α-hetero) is 2. The lowest BCUT2D eigenvalue weighted by atomic mass is 9.94. The van der Waals surface area contributed by atoms with Gasteiger partial charge in [-0.1, -0.05) is 42.5 Å². The van der Waals surface area contributed by atoms with Crippen molar-refractivity contribution in [2.24, 2.45) is 0 Å². The molecule has 0 bridgehead atoms. The molecule has 4 N–H and O–H groups in total. The van der Waals surface area contributed by atoms with Gasteiger partial charge in [0.15, 0.2) is 0 Å².